The maximum atomic E-state index is 12.3. The SMILES string of the molecule is CCOc1ccccc1OCC(=O)O[C@@H](C)C(=O)Nc1ccc2ccccc2c1. The number of esters is 1. The van der Waals surface area contributed by atoms with Crippen molar-refractivity contribution in [2.24, 2.45) is 0 Å². The van der Waals surface area contributed by atoms with Crippen molar-refractivity contribution in [3.05, 3.63) is 66.7 Å². The summed E-state index contributed by atoms with van der Waals surface area (Å²) in [5.74, 6) is -0.0646. The molecule has 1 atom stereocenters. The van der Waals surface area contributed by atoms with E-state index in [1.54, 1.807) is 18.2 Å². The number of para-hydroxylation sites is 2. The Morgan fingerprint density at radius 1 is 0.897 bits per heavy atom. The van der Waals surface area contributed by atoms with E-state index in [4.69, 9.17) is 14.2 Å². The van der Waals surface area contributed by atoms with E-state index in [2.05, 4.69) is 5.32 Å². The lowest BCUT2D eigenvalue weighted by Crippen LogP contribution is -2.31. The van der Waals surface area contributed by atoms with E-state index in [-0.39, 0.29) is 6.61 Å². The molecule has 3 rings (SSSR count). The van der Waals surface area contributed by atoms with Gasteiger partial charge in [-0.15, -0.1) is 0 Å². The fourth-order valence-corrected chi connectivity index (χ4v) is 2.78. The molecule has 0 saturated carbocycles. The van der Waals surface area contributed by atoms with Gasteiger partial charge < -0.3 is 19.5 Å². The van der Waals surface area contributed by atoms with Gasteiger partial charge in [-0.2, -0.15) is 0 Å². The van der Waals surface area contributed by atoms with Crippen LogP contribution in [0.15, 0.2) is 66.7 Å². The van der Waals surface area contributed by atoms with Crippen LogP contribution >= 0.6 is 0 Å². The molecule has 0 fully saturated rings. The van der Waals surface area contributed by atoms with Gasteiger partial charge in [0.05, 0.1) is 6.61 Å². The first-order chi connectivity index (χ1) is 14.1. The molecule has 0 bridgehead atoms. The molecule has 6 nitrogen and oxygen atoms in total. The summed E-state index contributed by atoms with van der Waals surface area (Å²) in [7, 11) is 0. The number of anilines is 1. The highest BCUT2D eigenvalue weighted by Crippen LogP contribution is 2.26. The highest BCUT2D eigenvalue weighted by Gasteiger charge is 2.19. The highest BCUT2D eigenvalue weighted by molar-refractivity contribution is 5.97. The lowest BCUT2D eigenvalue weighted by molar-refractivity contribution is -0.155. The minimum absolute atomic E-state index is 0.322. The Balaban J connectivity index is 1.52. The predicted molar refractivity (Wildman–Crippen MR) is 111 cm³/mol. The fraction of sp³-hybridized carbons (Fsp3) is 0.217. The standard InChI is InChI=1S/C23H23NO5/c1-3-27-20-10-6-7-11-21(20)28-15-22(25)29-16(2)23(26)24-19-13-12-17-8-4-5-9-18(17)14-19/h4-14,16H,3,15H2,1-2H3,(H,24,26)/t16-/m0/s1. The van der Waals surface area contributed by atoms with Gasteiger partial charge in [0.15, 0.2) is 24.2 Å². The van der Waals surface area contributed by atoms with Crippen LogP contribution in [0.5, 0.6) is 11.5 Å². The van der Waals surface area contributed by atoms with Gasteiger partial charge in [0, 0.05) is 5.69 Å². The summed E-state index contributed by atoms with van der Waals surface area (Å²) in [6.45, 7) is 3.54. The fourth-order valence-electron chi connectivity index (χ4n) is 2.78. The first kappa shape index (κ1) is 20.2. The van der Waals surface area contributed by atoms with Gasteiger partial charge in [-0.3, -0.25) is 4.79 Å². The largest absolute Gasteiger partial charge is 0.490 e. The van der Waals surface area contributed by atoms with Crippen LogP contribution in [0.25, 0.3) is 10.8 Å². The zero-order chi connectivity index (χ0) is 20.6. The van der Waals surface area contributed by atoms with Crippen molar-refractivity contribution >= 4 is 28.3 Å². The zero-order valence-electron chi connectivity index (χ0n) is 16.4. The third-order valence-electron chi connectivity index (χ3n) is 4.19. The number of hydrogen-bond acceptors (Lipinski definition) is 5. The molecule has 0 spiro atoms. The Kier molecular flexibility index (Phi) is 6.68. The number of rotatable bonds is 8. The van der Waals surface area contributed by atoms with E-state index < -0.39 is 18.0 Å². The maximum absolute atomic E-state index is 12.3. The van der Waals surface area contributed by atoms with E-state index in [1.807, 2.05) is 55.5 Å². The summed E-state index contributed by atoms with van der Waals surface area (Å²) in [5.41, 5.74) is 0.637. The molecule has 0 aliphatic heterocycles. The molecular weight excluding hydrogens is 370 g/mol. The quantitative estimate of drug-likeness (QED) is 0.581. The second kappa shape index (κ2) is 9.59. The third-order valence-corrected chi connectivity index (χ3v) is 4.19. The molecule has 0 saturated heterocycles. The molecule has 3 aromatic carbocycles. The number of carbonyl (C=O) groups excluding carboxylic acids is 2. The topological polar surface area (TPSA) is 73.9 Å². The van der Waals surface area contributed by atoms with Crippen LogP contribution in [0, 0.1) is 0 Å². The van der Waals surface area contributed by atoms with Crippen LogP contribution in [-0.2, 0) is 14.3 Å². The molecule has 6 heteroatoms. The van der Waals surface area contributed by atoms with E-state index in [9.17, 15) is 9.59 Å². The molecule has 1 amide bonds. The number of hydrogen-bond donors (Lipinski definition) is 1. The van der Waals surface area contributed by atoms with Crippen molar-refractivity contribution in [3.63, 3.8) is 0 Å². The van der Waals surface area contributed by atoms with E-state index in [1.165, 1.54) is 6.92 Å². The molecule has 3 aromatic rings. The summed E-state index contributed by atoms with van der Waals surface area (Å²) < 4.78 is 16.1. The summed E-state index contributed by atoms with van der Waals surface area (Å²) in [6.07, 6.45) is -0.959. The first-order valence-corrected chi connectivity index (χ1v) is 9.40. The molecule has 0 radical (unpaired) electrons. The average molecular weight is 393 g/mol. The number of carbonyl (C=O) groups is 2. The monoisotopic (exact) mass is 393 g/mol. The van der Waals surface area contributed by atoms with Crippen LogP contribution in [0.2, 0.25) is 0 Å². The van der Waals surface area contributed by atoms with E-state index in [0.29, 0.717) is 23.8 Å². The minimum atomic E-state index is -0.959. The van der Waals surface area contributed by atoms with Crippen LogP contribution in [0.1, 0.15) is 13.8 Å². The maximum Gasteiger partial charge on any atom is 0.344 e. The lowest BCUT2D eigenvalue weighted by atomic mass is 10.1. The van der Waals surface area contributed by atoms with Crippen LogP contribution < -0.4 is 14.8 Å². The van der Waals surface area contributed by atoms with Gasteiger partial charge in [-0.25, -0.2) is 4.79 Å². The van der Waals surface area contributed by atoms with Crippen molar-refractivity contribution in [3.8, 4) is 11.5 Å². The van der Waals surface area contributed by atoms with Crippen LogP contribution in [-0.4, -0.2) is 31.2 Å². The van der Waals surface area contributed by atoms with Crippen molar-refractivity contribution in [2.75, 3.05) is 18.5 Å². The second-order valence-electron chi connectivity index (χ2n) is 6.35. The Morgan fingerprint density at radius 2 is 1.55 bits per heavy atom. The van der Waals surface area contributed by atoms with Gasteiger partial charge in [-0.05, 0) is 48.9 Å². The van der Waals surface area contributed by atoms with Gasteiger partial charge in [0.2, 0.25) is 0 Å². The first-order valence-electron chi connectivity index (χ1n) is 9.40. The minimum Gasteiger partial charge on any atom is -0.490 e. The summed E-state index contributed by atoms with van der Waals surface area (Å²) in [4.78, 5) is 24.4. The van der Waals surface area contributed by atoms with E-state index in [0.717, 1.165) is 10.8 Å². The van der Waals surface area contributed by atoms with E-state index >= 15 is 0 Å². The summed E-state index contributed by atoms with van der Waals surface area (Å²) in [5, 5.41) is 4.85. The van der Waals surface area contributed by atoms with Crippen molar-refractivity contribution in [1.29, 1.82) is 0 Å². The Hall–Kier alpha value is -3.54. The number of amides is 1. The van der Waals surface area contributed by atoms with Crippen molar-refractivity contribution < 1.29 is 23.8 Å². The highest BCUT2D eigenvalue weighted by atomic mass is 16.6. The summed E-state index contributed by atoms with van der Waals surface area (Å²) >= 11 is 0. The van der Waals surface area contributed by atoms with Crippen molar-refractivity contribution in [2.45, 2.75) is 20.0 Å². The molecule has 0 aromatic heterocycles. The number of ether oxygens (including phenoxy) is 3. The smallest absolute Gasteiger partial charge is 0.344 e. The second-order valence-corrected chi connectivity index (χ2v) is 6.35. The summed E-state index contributed by atoms with van der Waals surface area (Å²) in [6, 6.07) is 20.5. The van der Waals surface area contributed by atoms with Gasteiger partial charge in [-0.1, -0.05) is 42.5 Å². The van der Waals surface area contributed by atoms with Crippen molar-refractivity contribution in [1.82, 2.24) is 0 Å². The number of benzene rings is 3. The Labute approximate surface area is 169 Å². The zero-order valence-corrected chi connectivity index (χ0v) is 16.4. The third kappa shape index (κ3) is 5.48. The molecule has 0 aliphatic rings. The molecule has 0 unspecified atom stereocenters. The molecule has 0 heterocycles. The number of fused-ring (bicyclic) bond motifs is 1. The predicted octanol–water partition coefficient (Wildman–Crippen LogP) is 4.19. The van der Waals surface area contributed by atoms with Crippen LogP contribution in [0.3, 0.4) is 0 Å². The molecule has 0 aliphatic carbocycles. The molecular formula is C23H23NO5. The van der Waals surface area contributed by atoms with Gasteiger partial charge in [0.25, 0.3) is 5.91 Å². The lowest BCUT2D eigenvalue weighted by Gasteiger charge is -2.15. The Morgan fingerprint density at radius 3 is 2.28 bits per heavy atom. The Bertz CT molecular complexity index is 1000. The van der Waals surface area contributed by atoms with Gasteiger partial charge in [0.1, 0.15) is 0 Å². The molecule has 1 N–H and O–H groups in total. The number of nitrogens with one attached hydrogen (secondary N) is 1. The average Bonchev–Trinajstić information content (AvgIpc) is 2.73. The normalized spacial score (nSPS) is 11.5. The molecule has 29 heavy (non-hydrogen) atoms. The van der Waals surface area contributed by atoms with Crippen LogP contribution in [0.4, 0.5) is 5.69 Å². The molecule has 150 valence electrons. The van der Waals surface area contributed by atoms with Gasteiger partial charge >= 0.3 is 5.97 Å².